The largest absolute Gasteiger partial charge is 0.310 e. The number of fused-ring (bicyclic) bond motifs is 13. The first-order valence-corrected chi connectivity index (χ1v) is 23.4. The summed E-state index contributed by atoms with van der Waals surface area (Å²) in [4.78, 5) is 2.36. The van der Waals surface area contributed by atoms with E-state index < -0.39 is 0 Å². The van der Waals surface area contributed by atoms with Gasteiger partial charge in [-0.25, -0.2) is 0 Å². The molecule has 324 valence electrons. The van der Waals surface area contributed by atoms with Crippen molar-refractivity contribution in [2.24, 2.45) is 0 Å². The number of aromatic nitrogens is 1. The summed E-state index contributed by atoms with van der Waals surface area (Å²) in [5.74, 6) is 0. The maximum Gasteiger partial charge on any atom is 0.0620 e. The van der Waals surface area contributed by atoms with Gasteiger partial charge in [0.2, 0.25) is 0 Å². The van der Waals surface area contributed by atoms with Gasteiger partial charge in [0.25, 0.3) is 0 Å². The normalized spacial score (nSPS) is 12.4. The summed E-state index contributed by atoms with van der Waals surface area (Å²) in [6.45, 7) is 11.6. The molecule has 2 heterocycles. The monoisotopic (exact) mass is 862 g/mol. The van der Waals surface area contributed by atoms with Crippen LogP contribution in [-0.2, 0) is 6.42 Å². The van der Waals surface area contributed by atoms with E-state index in [-0.39, 0.29) is 0 Å². The molecule has 0 spiro atoms. The van der Waals surface area contributed by atoms with Crippen LogP contribution >= 0.6 is 0 Å². The molecule has 11 aromatic rings. The Balaban J connectivity index is 0.000000330. The van der Waals surface area contributed by atoms with Crippen molar-refractivity contribution in [1.29, 1.82) is 0 Å². The fourth-order valence-corrected chi connectivity index (χ4v) is 9.92. The topological polar surface area (TPSA) is 7.65 Å². The second-order valence-electron chi connectivity index (χ2n) is 17.2. The standard InChI is InChI=1S/C51H32N2.C8H12.C6H10/c1-2-13-38(14-3-1)52(40-23-20-32-10-4-5-11-33(32)30-40)39-15-8-12-34(31-39)35-21-24-41-37(28-35)29-36-22-25-44-43(49(36)41)26-27-48-50(44)46-18-9-17-45-42-16-6-7-19-47(42)53(48)51(45)46;1-4-6-7-8(3)5-2;1-3-5-6-4-2/h1-28,30-31H,29H2;4-7H,1H2,2-3H3;3-6H,1-2H3/b;7-6-,8-5+;5-3-,6-4+. The number of allylic oxidation sites excluding steroid dienone is 9. The lowest BCUT2D eigenvalue weighted by Gasteiger charge is -2.26. The van der Waals surface area contributed by atoms with Crippen molar-refractivity contribution >= 4 is 76.7 Å². The molecule has 1 aliphatic rings. The van der Waals surface area contributed by atoms with Crippen LogP contribution in [0.25, 0.3) is 81.9 Å². The number of benzene rings is 9. The maximum atomic E-state index is 3.55. The van der Waals surface area contributed by atoms with Gasteiger partial charge in [-0.1, -0.05) is 194 Å². The van der Waals surface area contributed by atoms with Gasteiger partial charge in [0.15, 0.2) is 0 Å². The Bertz CT molecular complexity index is 3710. The van der Waals surface area contributed by atoms with Crippen molar-refractivity contribution in [3.8, 4) is 22.3 Å². The summed E-state index contributed by atoms with van der Waals surface area (Å²) in [7, 11) is 0. The Labute approximate surface area is 394 Å². The fourth-order valence-electron chi connectivity index (χ4n) is 9.92. The van der Waals surface area contributed by atoms with Crippen molar-refractivity contribution in [2.45, 2.75) is 34.1 Å². The SMILES string of the molecule is C/C=C\C=C\C.C=C/C=C\C(C)=C\C.c1ccc(N(c2cccc(-c3ccc4c(c3)Cc3ccc5c(ccc6c5c5cccc7c8ccccc8n6c75)c3-4)c2)c2ccc3ccccc3c2)cc1. The highest BCUT2D eigenvalue weighted by molar-refractivity contribution is 6.29. The molecule has 0 radical (unpaired) electrons. The van der Waals surface area contributed by atoms with E-state index in [9.17, 15) is 0 Å². The third kappa shape index (κ3) is 7.91. The molecule has 2 heteroatoms. The Morgan fingerprint density at radius 3 is 2.00 bits per heavy atom. The van der Waals surface area contributed by atoms with Crippen molar-refractivity contribution in [1.82, 2.24) is 4.40 Å². The quantitative estimate of drug-likeness (QED) is 0.145. The molecule has 0 fully saturated rings. The Kier molecular flexibility index (Phi) is 11.9. The average Bonchev–Trinajstić information content (AvgIpc) is 4.05. The predicted molar refractivity (Wildman–Crippen MR) is 293 cm³/mol. The molecule has 0 amide bonds. The molecule has 0 aliphatic heterocycles. The molecule has 0 bridgehead atoms. The van der Waals surface area contributed by atoms with Crippen LogP contribution in [0.2, 0.25) is 0 Å². The van der Waals surface area contributed by atoms with Crippen LogP contribution in [-0.4, -0.2) is 4.40 Å². The van der Waals surface area contributed by atoms with Crippen molar-refractivity contribution in [3.63, 3.8) is 0 Å². The maximum absolute atomic E-state index is 3.55. The minimum atomic E-state index is 0.943. The molecule has 1 aliphatic carbocycles. The van der Waals surface area contributed by atoms with Gasteiger partial charge < -0.3 is 9.30 Å². The van der Waals surface area contributed by atoms with Gasteiger partial charge in [-0.05, 0) is 138 Å². The van der Waals surface area contributed by atoms with E-state index in [0.29, 0.717) is 0 Å². The summed E-state index contributed by atoms with van der Waals surface area (Å²) >= 11 is 0. The molecular formula is C65H54N2. The lowest BCUT2D eigenvalue weighted by atomic mass is 9.94. The lowest BCUT2D eigenvalue weighted by molar-refractivity contribution is 1.26. The van der Waals surface area contributed by atoms with E-state index in [1.807, 2.05) is 57.2 Å². The highest BCUT2D eigenvalue weighted by Gasteiger charge is 2.25. The van der Waals surface area contributed by atoms with Crippen LogP contribution in [0.5, 0.6) is 0 Å². The fraction of sp³-hybridized carbons (Fsp3) is 0.0769. The zero-order chi connectivity index (χ0) is 45.9. The first-order chi connectivity index (χ1) is 33.0. The molecule has 0 saturated heterocycles. The molecule has 0 saturated carbocycles. The van der Waals surface area contributed by atoms with Crippen LogP contribution in [0.4, 0.5) is 17.1 Å². The third-order valence-electron chi connectivity index (χ3n) is 13.1. The van der Waals surface area contributed by atoms with Gasteiger partial charge in [-0.15, -0.1) is 0 Å². The van der Waals surface area contributed by atoms with Crippen LogP contribution in [0, 0.1) is 0 Å². The molecule has 0 atom stereocenters. The summed E-state index contributed by atoms with van der Waals surface area (Å²) in [6, 6.07) is 67.2. The molecule has 2 nitrogen and oxygen atoms in total. The average molecular weight is 863 g/mol. The van der Waals surface area contributed by atoms with E-state index >= 15 is 0 Å². The second kappa shape index (κ2) is 18.7. The second-order valence-corrected chi connectivity index (χ2v) is 17.2. The van der Waals surface area contributed by atoms with E-state index in [0.717, 1.165) is 23.5 Å². The molecule has 12 rings (SSSR count). The number of hydrogen-bond acceptors (Lipinski definition) is 1. The van der Waals surface area contributed by atoms with Crippen molar-refractivity contribution < 1.29 is 0 Å². The van der Waals surface area contributed by atoms with Gasteiger partial charge in [-0.3, -0.25) is 0 Å². The minimum absolute atomic E-state index is 0.943. The minimum Gasteiger partial charge on any atom is -0.310 e. The van der Waals surface area contributed by atoms with Crippen LogP contribution in [0.15, 0.2) is 243 Å². The van der Waals surface area contributed by atoms with Crippen LogP contribution in [0.3, 0.4) is 0 Å². The van der Waals surface area contributed by atoms with E-state index in [1.54, 1.807) is 6.08 Å². The van der Waals surface area contributed by atoms with Gasteiger partial charge in [0, 0.05) is 38.6 Å². The van der Waals surface area contributed by atoms with E-state index in [4.69, 9.17) is 0 Å². The van der Waals surface area contributed by atoms with Crippen molar-refractivity contribution in [3.05, 3.63) is 254 Å². The first-order valence-electron chi connectivity index (χ1n) is 23.4. The Morgan fingerprint density at radius 1 is 0.507 bits per heavy atom. The number of para-hydroxylation sites is 3. The zero-order valence-electron chi connectivity index (χ0n) is 38.7. The molecule has 67 heavy (non-hydrogen) atoms. The summed E-state index contributed by atoms with van der Waals surface area (Å²) < 4.78 is 2.48. The number of anilines is 3. The summed E-state index contributed by atoms with van der Waals surface area (Å²) in [5, 5.41) is 10.5. The summed E-state index contributed by atoms with van der Waals surface area (Å²) in [5.41, 5.74) is 16.6. The molecular weight excluding hydrogens is 809 g/mol. The summed E-state index contributed by atoms with van der Waals surface area (Å²) in [6.07, 6.45) is 16.7. The predicted octanol–water partition coefficient (Wildman–Crippen LogP) is 18.7. The number of hydrogen-bond donors (Lipinski definition) is 0. The van der Waals surface area contributed by atoms with Crippen LogP contribution < -0.4 is 4.90 Å². The third-order valence-corrected chi connectivity index (χ3v) is 13.1. The van der Waals surface area contributed by atoms with Gasteiger partial charge in [0.05, 0.1) is 16.6 Å². The molecule has 0 N–H and O–H groups in total. The number of rotatable bonds is 7. The molecule has 9 aromatic carbocycles. The Morgan fingerprint density at radius 2 is 1.19 bits per heavy atom. The Hall–Kier alpha value is -8.20. The zero-order valence-corrected chi connectivity index (χ0v) is 38.7. The van der Waals surface area contributed by atoms with Crippen LogP contribution in [0.1, 0.15) is 38.8 Å². The van der Waals surface area contributed by atoms with Gasteiger partial charge in [0.1, 0.15) is 0 Å². The first kappa shape index (κ1) is 42.7. The van der Waals surface area contributed by atoms with E-state index in [2.05, 4.69) is 211 Å². The van der Waals surface area contributed by atoms with E-state index in [1.165, 1.54) is 98.6 Å². The highest BCUT2D eigenvalue weighted by Crippen LogP contribution is 2.47. The number of nitrogens with zero attached hydrogens (tertiary/aromatic N) is 2. The molecule has 0 unspecified atom stereocenters. The van der Waals surface area contributed by atoms with Gasteiger partial charge in [-0.2, -0.15) is 0 Å². The van der Waals surface area contributed by atoms with Crippen molar-refractivity contribution in [2.75, 3.05) is 4.90 Å². The highest BCUT2D eigenvalue weighted by atomic mass is 15.1. The smallest absolute Gasteiger partial charge is 0.0620 e. The van der Waals surface area contributed by atoms with Gasteiger partial charge >= 0.3 is 0 Å². The lowest BCUT2D eigenvalue weighted by Crippen LogP contribution is -2.09. The molecule has 2 aromatic heterocycles.